The predicted octanol–water partition coefficient (Wildman–Crippen LogP) is 5.24. The molecule has 0 aliphatic carbocycles. The molecule has 5 heteroatoms. The van der Waals surface area contributed by atoms with Crippen molar-refractivity contribution < 1.29 is 13.6 Å². The highest BCUT2D eigenvalue weighted by molar-refractivity contribution is 5.97. The number of unbranched alkanes of at least 4 members (excludes halogenated alkanes) is 1. The van der Waals surface area contributed by atoms with Crippen LogP contribution in [0.1, 0.15) is 63.7 Å². The molecule has 0 spiro atoms. The van der Waals surface area contributed by atoms with Crippen LogP contribution in [-0.4, -0.2) is 16.4 Å². The van der Waals surface area contributed by atoms with E-state index in [0.29, 0.717) is 16.9 Å². The second-order valence-electron chi connectivity index (χ2n) is 7.63. The molecule has 1 heterocycles. The number of amides is 1. The van der Waals surface area contributed by atoms with Crippen LogP contribution in [0.2, 0.25) is 0 Å². The van der Waals surface area contributed by atoms with Gasteiger partial charge in [0.2, 0.25) is 0 Å². The van der Waals surface area contributed by atoms with E-state index in [0.717, 1.165) is 25.3 Å². The first-order chi connectivity index (χ1) is 11.7. The maximum atomic E-state index is 13.7. The molecule has 0 aliphatic heterocycles. The van der Waals surface area contributed by atoms with E-state index in [9.17, 15) is 13.6 Å². The van der Waals surface area contributed by atoms with Gasteiger partial charge in [-0.25, -0.2) is 8.78 Å². The number of nitrogens with zero attached hydrogens (tertiary/aromatic N) is 1. The summed E-state index contributed by atoms with van der Waals surface area (Å²) in [5, 5.41) is 3.41. The van der Waals surface area contributed by atoms with Crippen molar-refractivity contribution in [3.8, 4) is 0 Å². The fourth-order valence-electron chi connectivity index (χ4n) is 2.83. The lowest BCUT2D eigenvalue weighted by Crippen LogP contribution is -2.43. The lowest BCUT2D eigenvalue weighted by Gasteiger charge is -2.26. The zero-order valence-corrected chi connectivity index (χ0v) is 15.3. The molecule has 0 unspecified atom stereocenters. The Balaban J connectivity index is 2.04. The number of hydrogen-bond donors (Lipinski definition) is 1. The Bertz CT molecular complexity index is 757. The molecule has 1 N–H and O–H groups in total. The monoisotopic (exact) mass is 348 g/mol. The Labute approximate surface area is 147 Å². The van der Waals surface area contributed by atoms with E-state index in [1.165, 1.54) is 24.8 Å². The summed E-state index contributed by atoms with van der Waals surface area (Å²) in [5.41, 5.74) is -0.0601. The van der Waals surface area contributed by atoms with E-state index in [1.54, 1.807) is 0 Å². The molecule has 3 nitrogen and oxygen atoms in total. The van der Waals surface area contributed by atoms with Gasteiger partial charge in [-0.05, 0) is 44.4 Å². The molecule has 25 heavy (non-hydrogen) atoms. The number of halogens is 2. The van der Waals surface area contributed by atoms with Gasteiger partial charge in [0.15, 0.2) is 11.6 Å². The van der Waals surface area contributed by atoms with Crippen molar-refractivity contribution in [3.63, 3.8) is 0 Å². The molecule has 0 aliphatic rings. The molecule has 0 radical (unpaired) electrons. The minimum absolute atomic E-state index is 0.0653. The zero-order valence-electron chi connectivity index (χ0n) is 15.3. The number of carbonyl (C=O) groups is 1. The minimum Gasteiger partial charge on any atom is -0.347 e. The van der Waals surface area contributed by atoms with Gasteiger partial charge in [0.05, 0.1) is 5.56 Å². The number of fused-ring (bicyclic) bond motifs is 1. The average Bonchev–Trinajstić information content (AvgIpc) is 2.54. The van der Waals surface area contributed by atoms with Crippen molar-refractivity contribution in [2.75, 3.05) is 0 Å². The maximum absolute atomic E-state index is 13.7. The first kappa shape index (κ1) is 19.3. The van der Waals surface area contributed by atoms with Crippen LogP contribution in [0.15, 0.2) is 24.4 Å². The van der Waals surface area contributed by atoms with Crippen LogP contribution in [0.4, 0.5) is 8.78 Å². The molecule has 1 aromatic heterocycles. The second-order valence-corrected chi connectivity index (χ2v) is 7.63. The Morgan fingerprint density at radius 1 is 1.24 bits per heavy atom. The van der Waals surface area contributed by atoms with Crippen LogP contribution in [0.25, 0.3) is 10.9 Å². The smallest absolute Gasteiger partial charge is 0.253 e. The van der Waals surface area contributed by atoms with Crippen LogP contribution in [0.5, 0.6) is 0 Å². The third-order valence-corrected chi connectivity index (χ3v) is 4.29. The molecule has 1 aromatic carbocycles. The highest BCUT2D eigenvalue weighted by atomic mass is 19.2. The normalized spacial score (nSPS) is 12.0. The fraction of sp³-hybridized carbons (Fsp3) is 0.500. The van der Waals surface area contributed by atoms with Crippen molar-refractivity contribution in [3.05, 3.63) is 41.6 Å². The molecule has 136 valence electrons. The first-order valence-corrected chi connectivity index (χ1v) is 8.76. The third-order valence-electron chi connectivity index (χ3n) is 4.29. The highest BCUT2D eigenvalue weighted by Crippen LogP contribution is 2.21. The summed E-state index contributed by atoms with van der Waals surface area (Å²) in [6.07, 6.45) is 5.54. The number of rotatable bonds is 7. The van der Waals surface area contributed by atoms with E-state index in [4.69, 9.17) is 0 Å². The van der Waals surface area contributed by atoms with Gasteiger partial charge >= 0.3 is 0 Å². The Kier molecular flexibility index (Phi) is 6.09. The van der Waals surface area contributed by atoms with Gasteiger partial charge in [-0.2, -0.15) is 0 Å². The zero-order chi connectivity index (χ0) is 18.6. The summed E-state index contributed by atoms with van der Waals surface area (Å²) < 4.78 is 26.9. The molecular formula is C20H26F2N2O. The van der Waals surface area contributed by atoms with Crippen LogP contribution < -0.4 is 5.32 Å². The number of pyridine rings is 1. The van der Waals surface area contributed by atoms with Crippen molar-refractivity contribution in [2.24, 2.45) is 5.92 Å². The van der Waals surface area contributed by atoms with E-state index >= 15 is 0 Å². The fourth-order valence-corrected chi connectivity index (χ4v) is 2.83. The summed E-state index contributed by atoms with van der Waals surface area (Å²) >= 11 is 0. The quantitative estimate of drug-likeness (QED) is 0.696. The number of benzene rings is 1. The molecular weight excluding hydrogens is 322 g/mol. The largest absolute Gasteiger partial charge is 0.347 e. The van der Waals surface area contributed by atoms with Crippen molar-refractivity contribution in [1.82, 2.24) is 10.3 Å². The average molecular weight is 348 g/mol. The van der Waals surface area contributed by atoms with Crippen LogP contribution in [0.3, 0.4) is 0 Å². The first-order valence-electron chi connectivity index (χ1n) is 8.76. The van der Waals surface area contributed by atoms with Gasteiger partial charge in [0.25, 0.3) is 5.91 Å². The third kappa shape index (κ3) is 5.21. The van der Waals surface area contributed by atoms with Gasteiger partial charge in [-0.3, -0.25) is 9.78 Å². The predicted molar refractivity (Wildman–Crippen MR) is 96.5 cm³/mol. The second kappa shape index (κ2) is 7.89. The molecule has 1 amide bonds. The standard InChI is InChI=1S/C20H26F2N2O/c1-13(2)7-5-6-10-20(3,4)24-19(25)15-11-14-8-9-16(21)17(22)18(14)23-12-15/h8-9,11-13H,5-7,10H2,1-4H3,(H,24,25). The molecule has 0 atom stereocenters. The molecule has 0 saturated carbocycles. The number of carbonyl (C=O) groups excluding carboxylic acids is 1. The topological polar surface area (TPSA) is 42.0 Å². The molecule has 0 fully saturated rings. The van der Waals surface area contributed by atoms with E-state index in [2.05, 4.69) is 24.1 Å². The van der Waals surface area contributed by atoms with E-state index in [1.807, 2.05) is 13.8 Å². The van der Waals surface area contributed by atoms with Crippen molar-refractivity contribution >= 4 is 16.8 Å². The summed E-state index contributed by atoms with van der Waals surface area (Å²) in [6, 6.07) is 4.00. The van der Waals surface area contributed by atoms with Gasteiger partial charge in [-0.1, -0.05) is 33.1 Å². The van der Waals surface area contributed by atoms with Crippen LogP contribution in [0, 0.1) is 17.6 Å². The van der Waals surface area contributed by atoms with Gasteiger partial charge in [-0.15, -0.1) is 0 Å². The summed E-state index contributed by atoms with van der Waals surface area (Å²) in [6.45, 7) is 8.39. The summed E-state index contributed by atoms with van der Waals surface area (Å²) in [5.74, 6) is -1.51. The Hall–Kier alpha value is -2.04. The lowest BCUT2D eigenvalue weighted by atomic mass is 9.94. The highest BCUT2D eigenvalue weighted by Gasteiger charge is 2.21. The van der Waals surface area contributed by atoms with Crippen LogP contribution in [-0.2, 0) is 0 Å². The maximum Gasteiger partial charge on any atom is 0.253 e. The van der Waals surface area contributed by atoms with E-state index in [-0.39, 0.29) is 17.0 Å². The summed E-state index contributed by atoms with van der Waals surface area (Å²) in [7, 11) is 0. The van der Waals surface area contributed by atoms with Gasteiger partial charge in [0.1, 0.15) is 5.52 Å². The number of hydrogen-bond acceptors (Lipinski definition) is 2. The van der Waals surface area contributed by atoms with Crippen molar-refractivity contribution in [2.45, 2.75) is 58.9 Å². The SMILES string of the molecule is CC(C)CCCCC(C)(C)NC(=O)c1cnc2c(F)c(F)ccc2c1. The Morgan fingerprint density at radius 2 is 1.96 bits per heavy atom. The number of nitrogens with one attached hydrogen (secondary N) is 1. The lowest BCUT2D eigenvalue weighted by molar-refractivity contribution is 0.0907. The van der Waals surface area contributed by atoms with E-state index < -0.39 is 11.6 Å². The molecule has 0 saturated heterocycles. The Morgan fingerprint density at radius 3 is 2.64 bits per heavy atom. The summed E-state index contributed by atoms with van der Waals surface area (Å²) in [4.78, 5) is 16.4. The molecule has 0 bridgehead atoms. The van der Waals surface area contributed by atoms with Crippen molar-refractivity contribution in [1.29, 1.82) is 0 Å². The molecule has 2 rings (SSSR count). The minimum atomic E-state index is -0.991. The van der Waals surface area contributed by atoms with Gasteiger partial charge < -0.3 is 5.32 Å². The van der Waals surface area contributed by atoms with Crippen LogP contribution >= 0.6 is 0 Å². The van der Waals surface area contributed by atoms with Gasteiger partial charge in [0, 0.05) is 17.1 Å². The molecule has 2 aromatic rings. The number of aromatic nitrogens is 1.